The van der Waals surface area contributed by atoms with Crippen molar-refractivity contribution in [2.75, 3.05) is 11.9 Å². The maximum atomic E-state index is 4.27. The fraction of sp³-hybridized carbons (Fsp3) is 0.231. The van der Waals surface area contributed by atoms with E-state index in [4.69, 9.17) is 0 Å². The van der Waals surface area contributed by atoms with Gasteiger partial charge in [0.1, 0.15) is 0 Å². The molecule has 17 heavy (non-hydrogen) atoms. The summed E-state index contributed by atoms with van der Waals surface area (Å²) in [4.78, 5) is 8.52. The number of allylic oxidation sites excluding steroid dienone is 1. The van der Waals surface area contributed by atoms with E-state index in [1.807, 2.05) is 41.2 Å². The average Bonchev–Trinajstić information content (AvgIpc) is 2.79. The highest BCUT2D eigenvalue weighted by Gasteiger charge is 2.00. The predicted molar refractivity (Wildman–Crippen MR) is 68.9 cm³/mol. The number of imidazole rings is 1. The largest absolute Gasteiger partial charge is 0.355 e. The van der Waals surface area contributed by atoms with E-state index in [1.54, 1.807) is 6.20 Å². The van der Waals surface area contributed by atoms with Crippen LogP contribution in [0.3, 0.4) is 0 Å². The molecule has 0 aliphatic carbocycles. The predicted octanol–water partition coefficient (Wildman–Crippen LogP) is 2.12. The zero-order valence-corrected chi connectivity index (χ0v) is 9.71. The molecular weight excluding hydrogens is 212 g/mol. The number of aromatic nitrogens is 3. The molecule has 0 aromatic carbocycles. The van der Waals surface area contributed by atoms with Crippen molar-refractivity contribution in [3.63, 3.8) is 0 Å². The van der Waals surface area contributed by atoms with Gasteiger partial charge < -0.3 is 9.88 Å². The molecule has 1 N–H and O–H groups in total. The van der Waals surface area contributed by atoms with E-state index in [0.29, 0.717) is 0 Å². The first-order valence-electron chi connectivity index (χ1n) is 5.66. The first-order chi connectivity index (χ1) is 8.40. The summed E-state index contributed by atoms with van der Waals surface area (Å²) in [5.74, 6) is 0.876. The van der Waals surface area contributed by atoms with Crippen LogP contribution in [0.2, 0.25) is 0 Å². The van der Waals surface area contributed by atoms with E-state index in [0.717, 1.165) is 31.2 Å². The van der Waals surface area contributed by atoms with Gasteiger partial charge in [-0.25, -0.2) is 4.98 Å². The molecule has 0 saturated carbocycles. The molecule has 0 amide bonds. The number of nitrogens with one attached hydrogen (secondary N) is 1. The maximum absolute atomic E-state index is 4.27. The molecule has 2 heterocycles. The SMILES string of the molecule is C=CCn1ccnc1NCCc1ccccn1. The minimum atomic E-state index is 0.770. The second kappa shape index (κ2) is 5.84. The van der Waals surface area contributed by atoms with Crippen molar-refractivity contribution in [1.82, 2.24) is 14.5 Å². The Balaban J connectivity index is 1.86. The Kier molecular flexibility index (Phi) is 3.91. The lowest BCUT2D eigenvalue weighted by molar-refractivity contribution is 0.814. The van der Waals surface area contributed by atoms with Crippen LogP contribution in [-0.2, 0) is 13.0 Å². The zero-order chi connectivity index (χ0) is 11.9. The Bertz CT molecular complexity index is 461. The van der Waals surface area contributed by atoms with Gasteiger partial charge in [0.25, 0.3) is 0 Å². The van der Waals surface area contributed by atoms with Gasteiger partial charge in [-0.2, -0.15) is 0 Å². The second-order valence-corrected chi connectivity index (χ2v) is 3.69. The van der Waals surface area contributed by atoms with E-state index < -0.39 is 0 Å². The quantitative estimate of drug-likeness (QED) is 0.770. The molecule has 88 valence electrons. The van der Waals surface area contributed by atoms with Gasteiger partial charge in [0.05, 0.1) is 0 Å². The first-order valence-corrected chi connectivity index (χ1v) is 5.66. The number of hydrogen-bond donors (Lipinski definition) is 1. The van der Waals surface area contributed by atoms with Crippen LogP contribution in [0, 0.1) is 0 Å². The Hall–Kier alpha value is -2.10. The standard InChI is InChI=1S/C13H16N4/c1-2-10-17-11-9-16-13(17)15-8-6-12-5-3-4-7-14-12/h2-5,7,9,11H,1,6,8,10H2,(H,15,16). The summed E-state index contributed by atoms with van der Waals surface area (Å²) in [7, 11) is 0. The van der Waals surface area contributed by atoms with Gasteiger partial charge in [0.15, 0.2) is 0 Å². The number of anilines is 1. The van der Waals surface area contributed by atoms with E-state index >= 15 is 0 Å². The first kappa shape index (κ1) is 11.4. The fourth-order valence-electron chi connectivity index (χ4n) is 1.61. The van der Waals surface area contributed by atoms with Crippen molar-refractivity contribution in [3.8, 4) is 0 Å². The highest BCUT2D eigenvalue weighted by atomic mass is 15.2. The van der Waals surface area contributed by atoms with Crippen LogP contribution in [0.15, 0.2) is 49.4 Å². The lowest BCUT2D eigenvalue weighted by Crippen LogP contribution is -2.10. The van der Waals surface area contributed by atoms with Crippen LogP contribution in [0.5, 0.6) is 0 Å². The summed E-state index contributed by atoms with van der Waals surface area (Å²) in [6.07, 6.45) is 8.28. The van der Waals surface area contributed by atoms with Crippen molar-refractivity contribution in [3.05, 3.63) is 55.1 Å². The van der Waals surface area contributed by atoms with Crippen LogP contribution < -0.4 is 5.32 Å². The Labute approximate surface area is 101 Å². The Morgan fingerprint density at radius 1 is 1.29 bits per heavy atom. The molecule has 0 spiro atoms. The van der Waals surface area contributed by atoms with E-state index in [2.05, 4.69) is 21.9 Å². The Morgan fingerprint density at radius 3 is 3.00 bits per heavy atom. The molecule has 0 unspecified atom stereocenters. The molecule has 2 rings (SSSR count). The van der Waals surface area contributed by atoms with Gasteiger partial charge in [-0.05, 0) is 12.1 Å². The van der Waals surface area contributed by atoms with Crippen LogP contribution in [0.4, 0.5) is 5.95 Å². The number of rotatable bonds is 6. The molecule has 4 nitrogen and oxygen atoms in total. The molecule has 0 aliphatic heterocycles. The minimum absolute atomic E-state index is 0.770. The molecule has 0 aliphatic rings. The molecular formula is C13H16N4. The van der Waals surface area contributed by atoms with Crippen molar-refractivity contribution < 1.29 is 0 Å². The van der Waals surface area contributed by atoms with Crippen molar-refractivity contribution in [2.24, 2.45) is 0 Å². The summed E-state index contributed by atoms with van der Waals surface area (Å²) < 4.78 is 2.02. The monoisotopic (exact) mass is 228 g/mol. The zero-order valence-electron chi connectivity index (χ0n) is 9.71. The van der Waals surface area contributed by atoms with Crippen molar-refractivity contribution in [2.45, 2.75) is 13.0 Å². The normalized spacial score (nSPS) is 10.1. The van der Waals surface area contributed by atoms with Gasteiger partial charge in [-0.3, -0.25) is 4.98 Å². The summed E-state index contributed by atoms with van der Waals surface area (Å²) in [5.41, 5.74) is 1.09. The second-order valence-electron chi connectivity index (χ2n) is 3.69. The van der Waals surface area contributed by atoms with Gasteiger partial charge in [0, 0.05) is 43.8 Å². The van der Waals surface area contributed by atoms with Gasteiger partial charge >= 0.3 is 0 Å². The van der Waals surface area contributed by atoms with E-state index in [-0.39, 0.29) is 0 Å². The van der Waals surface area contributed by atoms with E-state index in [1.165, 1.54) is 0 Å². The van der Waals surface area contributed by atoms with Gasteiger partial charge in [0.2, 0.25) is 5.95 Å². The lowest BCUT2D eigenvalue weighted by atomic mass is 10.3. The average molecular weight is 228 g/mol. The minimum Gasteiger partial charge on any atom is -0.355 e. The molecule has 4 heteroatoms. The summed E-state index contributed by atoms with van der Waals surface area (Å²) in [6.45, 7) is 5.31. The number of pyridine rings is 1. The van der Waals surface area contributed by atoms with Crippen molar-refractivity contribution in [1.29, 1.82) is 0 Å². The van der Waals surface area contributed by atoms with Crippen LogP contribution in [0.1, 0.15) is 5.69 Å². The third kappa shape index (κ3) is 3.17. The lowest BCUT2D eigenvalue weighted by Gasteiger charge is -2.07. The molecule has 0 radical (unpaired) electrons. The van der Waals surface area contributed by atoms with Crippen LogP contribution in [0.25, 0.3) is 0 Å². The summed E-state index contributed by atoms with van der Waals surface area (Å²) >= 11 is 0. The molecule has 0 bridgehead atoms. The van der Waals surface area contributed by atoms with Crippen LogP contribution in [-0.4, -0.2) is 21.1 Å². The molecule has 0 saturated heterocycles. The highest BCUT2D eigenvalue weighted by molar-refractivity contribution is 5.26. The van der Waals surface area contributed by atoms with Gasteiger partial charge in [-0.15, -0.1) is 6.58 Å². The summed E-state index contributed by atoms with van der Waals surface area (Å²) in [5, 5.41) is 3.29. The number of nitrogens with zero attached hydrogens (tertiary/aromatic N) is 3. The number of hydrogen-bond acceptors (Lipinski definition) is 3. The Morgan fingerprint density at radius 2 is 2.24 bits per heavy atom. The fourth-order valence-corrected chi connectivity index (χ4v) is 1.61. The van der Waals surface area contributed by atoms with E-state index in [9.17, 15) is 0 Å². The third-order valence-corrected chi connectivity index (χ3v) is 2.43. The smallest absolute Gasteiger partial charge is 0.203 e. The highest BCUT2D eigenvalue weighted by Crippen LogP contribution is 2.04. The molecule has 2 aromatic heterocycles. The maximum Gasteiger partial charge on any atom is 0.203 e. The van der Waals surface area contributed by atoms with Crippen molar-refractivity contribution >= 4 is 5.95 Å². The molecule has 2 aromatic rings. The molecule has 0 fully saturated rings. The third-order valence-electron chi connectivity index (χ3n) is 2.43. The topological polar surface area (TPSA) is 42.7 Å². The van der Waals surface area contributed by atoms with Crippen LogP contribution >= 0.6 is 0 Å². The van der Waals surface area contributed by atoms with Gasteiger partial charge in [-0.1, -0.05) is 12.1 Å². The molecule has 0 atom stereocenters. The summed E-state index contributed by atoms with van der Waals surface area (Å²) in [6, 6.07) is 5.95.